The molecule has 0 saturated carbocycles. The first-order valence-electron chi connectivity index (χ1n) is 8.48. The van der Waals surface area contributed by atoms with E-state index >= 15 is 0 Å². The standard InChI is InChI=1S/C16H29N3O4/c1-16(2,3)23-15(22)18-10-6-13(7-11-18)19(14(20)21)12-4-8-17-9-5-12/h12-13,17H,4-11H2,1-3H3,(H,20,21). The fourth-order valence-electron chi connectivity index (χ4n) is 3.35. The molecule has 0 spiro atoms. The minimum Gasteiger partial charge on any atom is -0.465 e. The first kappa shape index (κ1) is 17.8. The van der Waals surface area contributed by atoms with E-state index in [0.29, 0.717) is 25.9 Å². The summed E-state index contributed by atoms with van der Waals surface area (Å²) in [6.45, 7) is 8.38. The third kappa shape index (κ3) is 4.99. The normalized spacial score (nSPS) is 21.1. The van der Waals surface area contributed by atoms with Gasteiger partial charge >= 0.3 is 12.2 Å². The Labute approximate surface area is 138 Å². The lowest BCUT2D eigenvalue weighted by molar-refractivity contribution is 0.0112. The van der Waals surface area contributed by atoms with Crippen molar-refractivity contribution in [1.29, 1.82) is 0 Å². The zero-order valence-corrected chi connectivity index (χ0v) is 14.4. The summed E-state index contributed by atoms with van der Waals surface area (Å²) >= 11 is 0. The van der Waals surface area contributed by atoms with Crippen LogP contribution in [0.2, 0.25) is 0 Å². The van der Waals surface area contributed by atoms with Gasteiger partial charge in [0.25, 0.3) is 0 Å². The molecule has 2 saturated heterocycles. The molecule has 7 nitrogen and oxygen atoms in total. The molecule has 0 radical (unpaired) electrons. The van der Waals surface area contributed by atoms with Crippen molar-refractivity contribution in [3.05, 3.63) is 0 Å². The second-order valence-electron chi connectivity index (χ2n) is 7.37. The van der Waals surface area contributed by atoms with Crippen molar-refractivity contribution in [2.24, 2.45) is 0 Å². The number of nitrogens with one attached hydrogen (secondary N) is 1. The molecule has 0 aromatic carbocycles. The first-order valence-corrected chi connectivity index (χ1v) is 8.48. The average Bonchev–Trinajstić information content (AvgIpc) is 2.47. The van der Waals surface area contributed by atoms with Crippen LogP contribution in [-0.4, -0.2) is 71.0 Å². The molecule has 23 heavy (non-hydrogen) atoms. The Hall–Kier alpha value is -1.50. The summed E-state index contributed by atoms with van der Waals surface area (Å²) in [7, 11) is 0. The number of carboxylic acid groups (broad SMARTS) is 1. The Balaban J connectivity index is 1.91. The van der Waals surface area contributed by atoms with E-state index in [1.54, 1.807) is 9.80 Å². The molecule has 2 rings (SSSR count). The van der Waals surface area contributed by atoms with E-state index < -0.39 is 11.7 Å². The van der Waals surface area contributed by atoms with Gasteiger partial charge in [0.2, 0.25) is 0 Å². The molecule has 0 aromatic heterocycles. The molecule has 7 heteroatoms. The van der Waals surface area contributed by atoms with Crippen LogP contribution >= 0.6 is 0 Å². The lowest BCUT2D eigenvalue weighted by Gasteiger charge is -2.42. The van der Waals surface area contributed by atoms with E-state index in [1.165, 1.54) is 0 Å². The highest BCUT2D eigenvalue weighted by atomic mass is 16.6. The van der Waals surface area contributed by atoms with Crippen LogP contribution in [0.4, 0.5) is 9.59 Å². The third-order valence-electron chi connectivity index (χ3n) is 4.43. The Morgan fingerprint density at radius 3 is 2.09 bits per heavy atom. The molecule has 0 unspecified atom stereocenters. The number of rotatable bonds is 2. The Morgan fingerprint density at radius 1 is 1.09 bits per heavy atom. The van der Waals surface area contributed by atoms with Gasteiger partial charge in [0, 0.05) is 25.2 Å². The van der Waals surface area contributed by atoms with Crippen LogP contribution in [0.5, 0.6) is 0 Å². The van der Waals surface area contributed by atoms with Crippen LogP contribution in [-0.2, 0) is 4.74 Å². The number of hydrogen-bond donors (Lipinski definition) is 2. The maximum atomic E-state index is 12.1. The summed E-state index contributed by atoms with van der Waals surface area (Å²) in [4.78, 5) is 27.1. The number of ether oxygens (including phenoxy) is 1. The van der Waals surface area contributed by atoms with Crippen LogP contribution in [0.15, 0.2) is 0 Å². The Morgan fingerprint density at radius 2 is 1.61 bits per heavy atom. The molecule has 2 aliphatic rings. The molecular weight excluding hydrogens is 298 g/mol. The fourth-order valence-corrected chi connectivity index (χ4v) is 3.35. The van der Waals surface area contributed by atoms with Gasteiger partial charge in [0.05, 0.1) is 0 Å². The topological polar surface area (TPSA) is 82.1 Å². The predicted octanol–water partition coefficient (Wildman–Crippen LogP) is 2.12. The van der Waals surface area contributed by atoms with Gasteiger partial charge in [-0.25, -0.2) is 9.59 Å². The number of nitrogens with zero attached hydrogens (tertiary/aromatic N) is 2. The second-order valence-corrected chi connectivity index (χ2v) is 7.37. The number of carbonyl (C=O) groups is 2. The van der Waals surface area contributed by atoms with Crippen molar-refractivity contribution >= 4 is 12.2 Å². The van der Waals surface area contributed by atoms with Crippen LogP contribution in [0.1, 0.15) is 46.5 Å². The van der Waals surface area contributed by atoms with Crippen molar-refractivity contribution in [2.75, 3.05) is 26.2 Å². The molecule has 0 atom stereocenters. The van der Waals surface area contributed by atoms with Gasteiger partial charge in [-0.05, 0) is 59.5 Å². The van der Waals surface area contributed by atoms with E-state index in [2.05, 4.69) is 5.32 Å². The highest BCUT2D eigenvalue weighted by molar-refractivity contribution is 5.68. The minimum atomic E-state index is -0.840. The van der Waals surface area contributed by atoms with E-state index in [0.717, 1.165) is 25.9 Å². The van der Waals surface area contributed by atoms with Crippen molar-refractivity contribution in [3.8, 4) is 0 Å². The van der Waals surface area contributed by atoms with E-state index in [1.807, 2.05) is 20.8 Å². The summed E-state index contributed by atoms with van der Waals surface area (Å²) in [5, 5.41) is 12.9. The van der Waals surface area contributed by atoms with Gasteiger partial charge < -0.3 is 25.0 Å². The molecule has 132 valence electrons. The highest BCUT2D eigenvalue weighted by Gasteiger charge is 2.35. The SMILES string of the molecule is CC(C)(C)OC(=O)N1CCC(N(C(=O)O)C2CCNCC2)CC1. The van der Waals surface area contributed by atoms with Gasteiger partial charge in [-0.1, -0.05) is 0 Å². The maximum absolute atomic E-state index is 12.1. The molecule has 0 bridgehead atoms. The lowest BCUT2D eigenvalue weighted by atomic mass is 9.98. The highest BCUT2D eigenvalue weighted by Crippen LogP contribution is 2.24. The number of amides is 2. The summed E-state index contributed by atoms with van der Waals surface area (Å²) < 4.78 is 5.39. The van der Waals surface area contributed by atoms with E-state index in [9.17, 15) is 14.7 Å². The number of likely N-dealkylation sites (tertiary alicyclic amines) is 1. The molecular formula is C16H29N3O4. The Bertz CT molecular complexity index is 422. The van der Waals surface area contributed by atoms with Crippen molar-refractivity contribution in [2.45, 2.75) is 64.1 Å². The van der Waals surface area contributed by atoms with Crippen LogP contribution in [0, 0.1) is 0 Å². The molecule has 2 N–H and O–H groups in total. The van der Waals surface area contributed by atoms with Crippen LogP contribution in [0.25, 0.3) is 0 Å². The number of piperidine rings is 2. The summed E-state index contributed by atoms with van der Waals surface area (Å²) in [6.07, 6.45) is 1.93. The Kier molecular flexibility index (Phi) is 5.73. The molecule has 0 aromatic rings. The second kappa shape index (κ2) is 7.38. The molecule has 2 aliphatic heterocycles. The third-order valence-corrected chi connectivity index (χ3v) is 4.43. The van der Waals surface area contributed by atoms with Gasteiger partial charge in [-0.15, -0.1) is 0 Å². The quantitative estimate of drug-likeness (QED) is 0.812. The van der Waals surface area contributed by atoms with Crippen LogP contribution in [0.3, 0.4) is 0 Å². The van der Waals surface area contributed by atoms with E-state index in [-0.39, 0.29) is 18.2 Å². The predicted molar refractivity (Wildman–Crippen MR) is 86.6 cm³/mol. The van der Waals surface area contributed by atoms with Gasteiger partial charge in [0.15, 0.2) is 0 Å². The van der Waals surface area contributed by atoms with Gasteiger partial charge in [0.1, 0.15) is 5.60 Å². The summed E-state index contributed by atoms with van der Waals surface area (Å²) in [5.41, 5.74) is -0.504. The number of hydrogen-bond acceptors (Lipinski definition) is 4. The molecule has 0 aliphatic carbocycles. The zero-order chi connectivity index (χ0) is 17.0. The smallest absolute Gasteiger partial charge is 0.410 e. The maximum Gasteiger partial charge on any atom is 0.410 e. The average molecular weight is 327 g/mol. The molecule has 2 amide bonds. The van der Waals surface area contributed by atoms with Gasteiger partial charge in [-0.2, -0.15) is 0 Å². The summed E-state index contributed by atoms with van der Waals surface area (Å²) in [5.74, 6) is 0. The van der Waals surface area contributed by atoms with Crippen molar-refractivity contribution < 1.29 is 19.4 Å². The van der Waals surface area contributed by atoms with Crippen molar-refractivity contribution in [1.82, 2.24) is 15.1 Å². The molecule has 2 fully saturated rings. The molecule has 2 heterocycles. The van der Waals surface area contributed by atoms with Crippen molar-refractivity contribution in [3.63, 3.8) is 0 Å². The van der Waals surface area contributed by atoms with E-state index in [4.69, 9.17) is 4.74 Å². The first-order chi connectivity index (χ1) is 10.8. The van der Waals surface area contributed by atoms with Crippen LogP contribution < -0.4 is 5.32 Å². The lowest BCUT2D eigenvalue weighted by Crippen LogP contribution is -2.54. The summed E-state index contributed by atoms with van der Waals surface area (Å²) in [6, 6.07) is 0.0844. The minimum absolute atomic E-state index is 0.00529. The number of carbonyl (C=O) groups excluding carboxylic acids is 1. The fraction of sp³-hybridized carbons (Fsp3) is 0.875. The monoisotopic (exact) mass is 327 g/mol. The zero-order valence-electron chi connectivity index (χ0n) is 14.4. The largest absolute Gasteiger partial charge is 0.465 e. The van der Waals surface area contributed by atoms with Gasteiger partial charge in [-0.3, -0.25) is 0 Å².